The maximum Gasteiger partial charge on any atom is 0.215 e. The second-order valence-electron chi connectivity index (χ2n) is 6.43. The number of nitro groups is 1. The number of aliphatic imine (C=N–C) groups is 1. The van der Waals surface area contributed by atoms with Crippen LogP contribution in [-0.4, -0.2) is 72.1 Å². The van der Waals surface area contributed by atoms with Gasteiger partial charge in [0.25, 0.3) is 0 Å². The average molecular weight is 330 g/mol. The van der Waals surface area contributed by atoms with Gasteiger partial charge in [0.2, 0.25) is 6.04 Å². The van der Waals surface area contributed by atoms with Crippen molar-refractivity contribution in [3.05, 3.63) is 10.1 Å². The molecule has 132 valence electrons. The van der Waals surface area contributed by atoms with Crippen LogP contribution in [0.1, 0.15) is 32.1 Å². The lowest BCUT2D eigenvalue weighted by Gasteiger charge is -2.36. The molecule has 2 N–H and O–H groups in total. The normalized spacial score (nSPS) is 42.0. The van der Waals surface area contributed by atoms with Crippen molar-refractivity contribution in [3.8, 4) is 0 Å². The SMILES string of the molecule is COC1CC(O)C(C=NC2CC([N+](=O)[O-])CCC2O)C(OC)C1. The van der Waals surface area contributed by atoms with E-state index < -0.39 is 24.3 Å². The van der Waals surface area contributed by atoms with Crippen LogP contribution in [0.3, 0.4) is 0 Å². The fraction of sp³-hybridized carbons (Fsp3) is 0.933. The molecule has 2 aliphatic rings. The minimum absolute atomic E-state index is 0.0567. The molecule has 2 aliphatic carbocycles. The van der Waals surface area contributed by atoms with Crippen LogP contribution in [0.25, 0.3) is 0 Å². The van der Waals surface area contributed by atoms with Crippen LogP contribution in [-0.2, 0) is 9.47 Å². The van der Waals surface area contributed by atoms with Crippen LogP contribution in [0, 0.1) is 16.0 Å². The molecule has 0 radical (unpaired) electrons. The summed E-state index contributed by atoms with van der Waals surface area (Å²) in [6.45, 7) is 0. The molecular weight excluding hydrogens is 304 g/mol. The molecule has 0 heterocycles. The summed E-state index contributed by atoms with van der Waals surface area (Å²) in [6.07, 6.45) is 2.15. The molecule has 2 saturated carbocycles. The minimum atomic E-state index is -0.670. The van der Waals surface area contributed by atoms with E-state index in [4.69, 9.17) is 9.47 Å². The van der Waals surface area contributed by atoms with Gasteiger partial charge in [0.05, 0.1) is 30.5 Å². The van der Waals surface area contributed by atoms with Crippen molar-refractivity contribution in [2.24, 2.45) is 10.9 Å². The third-order valence-electron chi connectivity index (χ3n) is 5.01. The Morgan fingerprint density at radius 3 is 2.48 bits per heavy atom. The molecule has 0 spiro atoms. The van der Waals surface area contributed by atoms with Gasteiger partial charge in [0, 0.05) is 57.0 Å². The Morgan fingerprint density at radius 2 is 1.87 bits per heavy atom. The number of hydrogen-bond acceptors (Lipinski definition) is 7. The van der Waals surface area contributed by atoms with E-state index in [2.05, 4.69) is 4.99 Å². The first-order chi connectivity index (χ1) is 11.0. The minimum Gasteiger partial charge on any atom is -0.392 e. The van der Waals surface area contributed by atoms with E-state index in [0.29, 0.717) is 25.7 Å². The van der Waals surface area contributed by atoms with Gasteiger partial charge in [-0.2, -0.15) is 0 Å². The molecule has 0 amide bonds. The van der Waals surface area contributed by atoms with Crippen molar-refractivity contribution in [2.75, 3.05) is 14.2 Å². The van der Waals surface area contributed by atoms with Crippen molar-refractivity contribution in [2.45, 2.75) is 68.6 Å². The molecule has 0 saturated heterocycles. The molecule has 0 aromatic carbocycles. The van der Waals surface area contributed by atoms with Gasteiger partial charge < -0.3 is 19.7 Å². The lowest BCUT2D eigenvalue weighted by molar-refractivity contribution is -0.527. The summed E-state index contributed by atoms with van der Waals surface area (Å²) in [7, 11) is 3.18. The zero-order chi connectivity index (χ0) is 17.0. The van der Waals surface area contributed by atoms with Crippen LogP contribution in [0.4, 0.5) is 0 Å². The van der Waals surface area contributed by atoms with Crippen LogP contribution in [0.2, 0.25) is 0 Å². The third-order valence-corrected chi connectivity index (χ3v) is 5.01. The van der Waals surface area contributed by atoms with Gasteiger partial charge in [-0.15, -0.1) is 0 Å². The number of nitrogens with zero attached hydrogens (tertiary/aromatic N) is 2. The Balaban J connectivity index is 2.03. The highest BCUT2D eigenvalue weighted by atomic mass is 16.6. The Morgan fingerprint density at radius 1 is 1.13 bits per heavy atom. The van der Waals surface area contributed by atoms with Crippen molar-refractivity contribution < 1.29 is 24.6 Å². The van der Waals surface area contributed by atoms with Gasteiger partial charge in [-0.3, -0.25) is 15.1 Å². The molecule has 2 fully saturated rings. The van der Waals surface area contributed by atoms with E-state index in [1.54, 1.807) is 20.4 Å². The standard InChI is InChI=1S/C15H26N2O6/c1-22-10-6-14(19)11(15(7-10)23-2)8-16-12-5-9(17(20)21)3-4-13(12)18/h8-15,18-19H,3-7H2,1-2H3. The van der Waals surface area contributed by atoms with Gasteiger partial charge in [-0.05, 0) is 6.42 Å². The average Bonchev–Trinajstić information content (AvgIpc) is 2.54. The Bertz CT molecular complexity index is 432. The van der Waals surface area contributed by atoms with E-state index in [-0.39, 0.29) is 29.5 Å². The zero-order valence-corrected chi connectivity index (χ0v) is 13.6. The number of rotatable bonds is 5. The Hall–Kier alpha value is -1.09. The van der Waals surface area contributed by atoms with Crippen LogP contribution in [0.15, 0.2) is 4.99 Å². The largest absolute Gasteiger partial charge is 0.392 e. The van der Waals surface area contributed by atoms with Crippen LogP contribution in [0.5, 0.6) is 0 Å². The van der Waals surface area contributed by atoms with E-state index in [1.165, 1.54) is 0 Å². The van der Waals surface area contributed by atoms with Gasteiger partial charge in [0.15, 0.2) is 0 Å². The number of methoxy groups -OCH3 is 2. The molecule has 7 unspecified atom stereocenters. The van der Waals surface area contributed by atoms with Crippen LogP contribution < -0.4 is 0 Å². The Labute approximate surface area is 135 Å². The van der Waals surface area contributed by atoms with E-state index in [0.717, 1.165) is 0 Å². The first kappa shape index (κ1) is 18.3. The molecule has 0 bridgehead atoms. The van der Waals surface area contributed by atoms with Crippen molar-refractivity contribution in [1.82, 2.24) is 0 Å². The molecule has 0 aromatic heterocycles. The molecule has 8 nitrogen and oxygen atoms in total. The molecule has 7 atom stereocenters. The smallest absolute Gasteiger partial charge is 0.215 e. The van der Waals surface area contributed by atoms with E-state index in [9.17, 15) is 20.3 Å². The predicted molar refractivity (Wildman–Crippen MR) is 83.2 cm³/mol. The first-order valence-electron chi connectivity index (χ1n) is 8.04. The molecule has 2 rings (SSSR count). The second kappa shape index (κ2) is 8.14. The monoisotopic (exact) mass is 330 g/mol. The number of aliphatic hydroxyl groups excluding tert-OH is 2. The highest BCUT2D eigenvalue weighted by Gasteiger charge is 2.38. The van der Waals surface area contributed by atoms with Crippen molar-refractivity contribution in [1.29, 1.82) is 0 Å². The summed E-state index contributed by atoms with van der Waals surface area (Å²) in [5, 5.41) is 31.2. The second-order valence-corrected chi connectivity index (χ2v) is 6.43. The molecule has 0 aliphatic heterocycles. The predicted octanol–water partition coefficient (Wildman–Crippen LogP) is 0.417. The molecule has 8 heteroatoms. The zero-order valence-electron chi connectivity index (χ0n) is 13.6. The quantitative estimate of drug-likeness (QED) is 0.429. The fourth-order valence-corrected chi connectivity index (χ4v) is 3.50. The van der Waals surface area contributed by atoms with Gasteiger partial charge in [0.1, 0.15) is 0 Å². The first-order valence-corrected chi connectivity index (χ1v) is 8.04. The lowest BCUT2D eigenvalue weighted by atomic mass is 9.82. The summed E-state index contributed by atoms with van der Waals surface area (Å²) in [4.78, 5) is 15.0. The number of aliphatic hydroxyl groups is 2. The van der Waals surface area contributed by atoms with Crippen molar-refractivity contribution in [3.63, 3.8) is 0 Å². The highest BCUT2D eigenvalue weighted by molar-refractivity contribution is 5.63. The highest BCUT2D eigenvalue weighted by Crippen LogP contribution is 2.29. The topological polar surface area (TPSA) is 114 Å². The maximum absolute atomic E-state index is 10.9. The van der Waals surface area contributed by atoms with Gasteiger partial charge >= 0.3 is 0 Å². The molecular formula is C15H26N2O6. The van der Waals surface area contributed by atoms with E-state index in [1.807, 2.05) is 0 Å². The summed E-state index contributed by atoms with van der Waals surface area (Å²) in [5.74, 6) is -0.297. The number of ether oxygens (including phenoxy) is 2. The lowest BCUT2D eigenvalue weighted by Crippen LogP contribution is -2.45. The Kier molecular flexibility index (Phi) is 6.46. The van der Waals surface area contributed by atoms with Gasteiger partial charge in [-0.1, -0.05) is 0 Å². The van der Waals surface area contributed by atoms with Crippen molar-refractivity contribution >= 4 is 6.21 Å². The fourth-order valence-electron chi connectivity index (χ4n) is 3.50. The maximum atomic E-state index is 10.9. The summed E-state index contributed by atoms with van der Waals surface area (Å²) in [6, 6.07) is -1.16. The summed E-state index contributed by atoms with van der Waals surface area (Å²) >= 11 is 0. The third kappa shape index (κ3) is 4.47. The van der Waals surface area contributed by atoms with Crippen LogP contribution >= 0.6 is 0 Å². The molecule has 0 aromatic rings. The van der Waals surface area contributed by atoms with E-state index >= 15 is 0 Å². The number of hydrogen-bond donors (Lipinski definition) is 2. The molecule has 23 heavy (non-hydrogen) atoms. The summed E-state index contributed by atoms with van der Waals surface area (Å²) < 4.78 is 10.7. The summed E-state index contributed by atoms with van der Waals surface area (Å²) in [5.41, 5.74) is 0. The van der Waals surface area contributed by atoms with Gasteiger partial charge in [-0.25, -0.2) is 0 Å².